The summed E-state index contributed by atoms with van der Waals surface area (Å²) in [4.78, 5) is 36.9. The average Bonchev–Trinajstić information content (AvgIpc) is 2.84. The Kier molecular flexibility index (Phi) is 6.20. The third-order valence-electron chi connectivity index (χ3n) is 5.07. The van der Waals surface area contributed by atoms with Crippen molar-refractivity contribution < 1.29 is 23.6 Å². The first-order valence-corrected chi connectivity index (χ1v) is 10.2. The van der Waals surface area contributed by atoms with Gasteiger partial charge in [-0.05, 0) is 42.0 Å². The quantitative estimate of drug-likeness (QED) is 0.294. The SMILES string of the molecule is COc1ccc(-c2c(NC(=O)c3cccc([N+](=O)[O-])c3)oc3ccc(Cl)cc3c2=O)cc1OC. The maximum absolute atomic E-state index is 13.5. The van der Waals surface area contributed by atoms with E-state index in [1.165, 1.54) is 44.6 Å². The molecule has 0 aliphatic rings. The number of rotatable bonds is 6. The van der Waals surface area contributed by atoms with E-state index in [-0.39, 0.29) is 33.7 Å². The number of nitro benzene ring substituents is 1. The standard InChI is InChI=1S/C24H17ClN2O7/c1-32-19-8-6-13(11-20(19)33-2)21-22(28)17-12-15(25)7-9-18(17)34-24(21)26-23(29)14-4-3-5-16(10-14)27(30)31/h3-12H,1-2H3,(H,26,29). The van der Waals surface area contributed by atoms with Gasteiger partial charge in [0.2, 0.25) is 11.3 Å². The minimum absolute atomic E-state index is 0.0197. The molecule has 1 aromatic heterocycles. The first-order chi connectivity index (χ1) is 16.3. The summed E-state index contributed by atoms with van der Waals surface area (Å²) in [6.07, 6.45) is 0. The lowest BCUT2D eigenvalue weighted by atomic mass is 10.0. The van der Waals surface area contributed by atoms with E-state index in [4.69, 9.17) is 25.5 Å². The number of nitrogens with zero attached hydrogens (tertiary/aromatic N) is 1. The highest BCUT2D eigenvalue weighted by atomic mass is 35.5. The van der Waals surface area contributed by atoms with Gasteiger partial charge in [0.05, 0.1) is 30.1 Å². The monoisotopic (exact) mass is 480 g/mol. The number of nitro groups is 1. The van der Waals surface area contributed by atoms with E-state index in [0.29, 0.717) is 22.1 Å². The lowest BCUT2D eigenvalue weighted by Gasteiger charge is -2.13. The van der Waals surface area contributed by atoms with Crippen molar-refractivity contribution >= 4 is 40.0 Å². The van der Waals surface area contributed by atoms with Gasteiger partial charge in [-0.1, -0.05) is 23.7 Å². The maximum atomic E-state index is 13.5. The predicted octanol–water partition coefficient (Wildman–Crippen LogP) is 5.29. The zero-order valence-electron chi connectivity index (χ0n) is 18.0. The number of halogens is 1. The summed E-state index contributed by atoms with van der Waals surface area (Å²) in [6.45, 7) is 0. The van der Waals surface area contributed by atoms with Crippen LogP contribution in [0.3, 0.4) is 0 Å². The number of ether oxygens (including phenoxy) is 2. The third kappa shape index (κ3) is 4.28. The molecule has 0 aliphatic heterocycles. The minimum Gasteiger partial charge on any atom is -0.493 e. The fourth-order valence-electron chi connectivity index (χ4n) is 3.45. The van der Waals surface area contributed by atoms with Crippen LogP contribution in [0.25, 0.3) is 22.1 Å². The second-order valence-corrected chi connectivity index (χ2v) is 7.54. The van der Waals surface area contributed by atoms with Crippen molar-refractivity contribution in [1.82, 2.24) is 0 Å². The molecule has 172 valence electrons. The molecule has 0 fully saturated rings. The first-order valence-electron chi connectivity index (χ1n) is 9.87. The molecule has 1 amide bonds. The van der Waals surface area contributed by atoms with Gasteiger partial charge in [0.15, 0.2) is 11.5 Å². The minimum atomic E-state index is -0.693. The van der Waals surface area contributed by atoms with E-state index in [1.807, 2.05) is 0 Å². The molecule has 3 aromatic carbocycles. The van der Waals surface area contributed by atoms with Crippen LogP contribution in [0.4, 0.5) is 11.6 Å². The van der Waals surface area contributed by atoms with E-state index in [1.54, 1.807) is 24.3 Å². The molecule has 0 radical (unpaired) electrons. The van der Waals surface area contributed by atoms with Gasteiger partial charge in [-0.25, -0.2) is 0 Å². The molecule has 9 nitrogen and oxygen atoms in total. The largest absolute Gasteiger partial charge is 0.493 e. The molecule has 0 atom stereocenters. The van der Waals surface area contributed by atoms with Crippen LogP contribution in [0.2, 0.25) is 5.02 Å². The molecule has 1 heterocycles. The van der Waals surface area contributed by atoms with Crippen molar-refractivity contribution in [3.8, 4) is 22.6 Å². The van der Waals surface area contributed by atoms with Crippen molar-refractivity contribution in [1.29, 1.82) is 0 Å². The van der Waals surface area contributed by atoms with Crippen LogP contribution >= 0.6 is 11.6 Å². The van der Waals surface area contributed by atoms with Gasteiger partial charge in [0.25, 0.3) is 11.6 Å². The number of fused-ring (bicyclic) bond motifs is 1. The Bertz CT molecular complexity index is 1500. The summed E-state index contributed by atoms with van der Waals surface area (Å²) in [5, 5.41) is 14.2. The lowest BCUT2D eigenvalue weighted by molar-refractivity contribution is -0.384. The molecule has 0 unspecified atom stereocenters. The van der Waals surface area contributed by atoms with Gasteiger partial charge < -0.3 is 13.9 Å². The molecule has 0 saturated heterocycles. The number of hydrogen-bond donors (Lipinski definition) is 1. The summed E-state index contributed by atoms with van der Waals surface area (Å²) < 4.78 is 16.5. The molecule has 0 saturated carbocycles. The number of hydrogen-bond acceptors (Lipinski definition) is 7. The number of methoxy groups -OCH3 is 2. The second kappa shape index (κ2) is 9.24. The van der Waals surface area contributed by atoms with Gasteiger partial charge in [0.1, 0.15) is 5.58 Å². The normalized spacial score (nSPS) is 10.7. The molecule has 0 spiro atoms. The maximum Gasteiger partial charge on any atom is 0.270 e. The molecule has 34 heavy (non-hydrogen) atoms. The van der Waals surface area contributed by atoms with Crippen molar-refractivity contribution in [2.75, 3.05) is 19.5 Å². The summed E-state index contributed by atoms with van der Waals surface area (Å²) in [6, 6.07) is 14.5. The van der Waals surface area contributed by atoms with Crippen LogP contribution < -0.4 is 20.2 Å². The molecule has 0 bridgehead atoms. The smallest absolute Gasteiger partial charge is 0.270 e. The number of nitrogens with one attached hydrogen (secondary N) is 1. The summed E-state index contributed by atoms with van der Waals surface area (Å²) in [5.74, 6) is -0.0198. The summed E-state index contributed by atoms with van der Waals surface area (Å²) >= 11 is 6.08. The van der Waals surface area contributed by atoms with E-state index < -0.39 is 16.3 Å². The van der Waals surface area contributed by atoms with Crippen LogP contribution in [0, 0.1) is 10.1 Å². The fourth-order valence-corrected chi connectivity index (χ4v) is 3.62. The zero-order valence-corrected chi connectivity index (χ0v) is 18.7. The zero-order chi connectivity index (χ0) is 24.4. The highest BCUT2D eigenvalue weighted by Gasteiger charge is 2.21. The van der Waals surface area contributed by atoms with Crippen molar-refractivity contribution in [3.05, 3.63) is 91.6 Å². The van der Waals surface area contributed by atoms with Gasteiger partial charge in [0, 0.05) is 22.7 Å². The van der Waals surface area contributed by atoms with Crippen LogP contribution in [0.5, 0.6) is 11.5 Å². The topological polar surface area (TPSA) is 121 Å². The Labute approximate surface area is 197 Å². The van der Waals surface area contributed by atoms with E-state index >= 15 is 0 Å². The number of non-ortho nitro benzene ring substituents is 1. The van der Waals surface area contributed by atoms with Gasteiger partial charge >= 0.3 is 0 Å². The Morgan fingerprint density at radius 1 is 1.03 bits per heavy atom. The molecule has 4 aromatic rings. The van der Waals surface area contributed by atoms with Gasteiger partial charge in [-0.3, -0.25) is 25.0 Å². The van der Waals surface area contributed by atoms with Crippen LogP contribution in [0.1, 0.15) is 10.4 Å². The molecule has 4 rings (SSSR count). The average molecular weight is 481 g/mol. The number of carbonyl (C=O) groups is 1. The highest BCUT2D eigenvalue weighted by Crippen LogP contribution is 2.35. The molecular weight excluding hydrogens is 464 g/mol. The molecular formula is C24H17ClN2O7. The number of benzene rings is 3. The summed E-state index contributed by atoms with van der Waals surface area (Å²) in [7, 11) is 2.93. The molecule has 1 N–H and O–H groups in total. The van der Waals surface area contributed by atoms with Crippen molar-refractivity contribution in [2.24, 2.45) is 0 Å². The van der Waals surface area contributed by atoms with Crippen molar-refractivity contribution in [3.63, 3.8) is 0 Å². The lowest BCUT2D eigenvalue weighted by Crippen LogP contribution is -2.16. The van der Waals surface area contributed by atoms with Crippen molar-refractivity contribution in [2.45, 2.75) is 0 Å². The Morgan fingerprint density at radius 2 is 1.79 bits per heavy atom. The number of carbonyl (C=O) groups excluding carboxylic acids is 1. The van der Waals surface area contributed by atoms with Gasteiger partial charge in [-0.15, -0.1) is 0 Å². The molecule has 10 heteroatoms. The fraction of sp³-hybridized carbons (Fsp3) is 0.0833. The third-order valence-corrected chi connectivity index (χ3v) is 5.31. The summed E-state index contributed by atoms with van der Waals surface area (Å²) in [5.41, 5.74) is -0.0240. The van der Waals surface area contributed by atoms with Gasteiger partial charge in [-0.2, -0.15) is 0 Å². The van der Waals surface area contributed by atoms with E-state index in [2.05, 4.69) is 5.32 Å². The number of amides is 1. The van der Waals surface area contributed by atoms with Crippen LogP contribution in [-0.2, 0) is 0 Å². The van der Waals surface area contributed by atoms with E-state index in [0.717, 1.165) is 6.07 Å². The Hall–Kier alpha value is -4.37. The Balaban J connectivity index is 1.90. The number of anilines is 1. The second-order valence-electron chi connectivity index (χ2n) is 7.11. The molecule has 0 aliphatic carbocycles. The van der Waals surface area contributed by atoms with E-state index in [9.17, 15) is 19.7 Å². The van der Waals surface area contributed by atoms with Crippen LogP contribution in [-0.4, -0.2) is 25.1 Å². The highest BCUT2D eigenvalue weighted by molar-refractivity contribution is 6.31. The van der Waals surface area contributed by atoms with Crippen LogP contribution in [0.15, 0.2) is 69.9 Å². The predicted molar refractivity (Wildman–Crippen MR) is 127 cm³/mol. The first kappa shape index (κ1) is 22.8. The Morgan fingerprint density at radius 3 is 2.50 bits per heavy atom.